The van der Waals surface area contributed by atoms with Crippen molar-refractivity contribution in [2.45, 2.75) is 49.5 Å². The molecule has 0 aromatic heterocycles. The molecule has 74 valence electrons. The summed E-state index contributed by atoms with van der Waals surface area (Å²) in [6.45, 7) is -3.81. The fraction of sp³-hybridized carbons (Fsp3) is 1.00. The fourth-order valence-corrected chi connectivity index (χ4v) is 1.76. The first-order chi connectivity index (χ1) is 12.0. The Balaban J connectivity index is 6.82. The number of halogens is 3. The van der Waals surface area contributed by atoms with Crippen molar-refractivity contribution < 1.29 is 23.3 Å². The molecular weight excluding hydrogens is 321 g/mol. The SMILES string of the molecule is [2H]C([2H])([2H])C([2H])([2H])C([2H])([2H])C([2H])([2H])C([2H])([2H])C([2H])([2H])C([2H])([2H])[C]([2H])([2H])[Sn]([Cl])([Cl])[Cl]. The van der Waals surface area contributed by atoms with E-state index in [2.05, 4.69) is 0 Å². The summed E-state index contributed by atoms with van der Waals surface area (Å²) < 4.78 is 126. The maximum atomic E-state index is 7.83. The van der Waals surface area contributed by atoms with Gasteiger partial charge in [0.15, 0.2) is 0 Å². The molecule has 0 radical (unpaired) electrons. The molecule has 0 atom stereocenters. The third-order valence-corrected chi connectivity index (χ3v) is 3.58. The van der Waals surface area contributed by atoms with Crippen LogP contribution in [0.1, 0.15) is 68.4 Å². The summed E-state index contributed by atoms with van der Waals surface area (Å²) in [6, 6.07) is 0. The van der Waals surface area contributed by atoms with Gasteiger partial charge in [-0.2, -0.15) is 0 Å². The van der Waals surface area contributed by atoms with Crippen LogP contribution in [-0.2, 0) is 0 Å². The predicted molar refractivity (Wildman–Crippen MR) is 61.5 cm³/mol. The molecule has 0 aromatic carbocycles. The molecule has 0 aliphatic carbocycles. The second kappa shape index (κ2) is 8.02. The molecular formula is C8H17Cl3Sn. The molecule has 12 heavy (non-hydrogen) atoms. The van der Waals surface area contributed by atoms with E-state index < -0.39 is 64.5 Å². The van der Waals surface area contributed by atoms with E-state index in [0.717, 1.165) is 0 Å². The molecule has 0 aliphatic rings. The van der Waals surface area contributed by atoms with Crippen LogP contribution in [0, 0.1) is 0 Å². The maximum absolute atomic E-state index is 7.83. The average Bonchev–Trinajstić information content (AvgIpc) is 2.43. The third-order valence-electron chi connectivity index (χ3n) is 0.517. The zero-order chi connectivity index (χ0) is 24.5. The molecule has 0 heterocycles. The summed E-state index contributed by atoms with van der Waals surface area (Å²) in [5.74, 6) is 0. The molecule has 0 saturated carbocycles. The van der Waals surface area contributed by atoms with Crippen LogP contribution in [-0.4, -0.2) is 15.0 Å². The molecule has 0 spiro atoms. The van der Waals surface area contributed by atoms with Crippen molar-refractivity contribution in [2.75, 3.05) is 0 Å². The molecule has 4 heteroatoms. The first-order valence-corrected chi connectivity index (χ1v) is 14.8. The average molecular weight is 355 g/mol. The summed E-state index contributed by atoms with van der Waals surface area (Å²) in [7, 11) is 16.6. The van der Waals surface area contributed by atoms with Crippen LogP contribution in [0.25, 0.3) is 0 Å². The summed E-state index contributed by atoms with van der Waals surface area (Å²) >= 11 is -5.62. The van der Waals surface area contributed by atoms with Crippen LogP contribution in [0.15, 0.2) is 0 Å². The Bertz CT molecular complexity index is 565. The van der Waals surface area contributed by atoms with Crippen LogP contribution in [0.3, 0.4) is 0 Å². The fourth-order valence-electron chi connectivity index (χ4n) is 0.227. The van der Waals surface area contributed by atoms with Crippen molar-refractivity contribution in [3.63, 3.8) is 0 Å². The van der Waals surface area contributed by atoms with Gasteiger partial charge in [-0.25, -0.2) is 0 Å². The van der Waals surface area contributed by atoms with Gasteiger partial charge in [-0.1, -0.05) is 0 Å². The van der Waals surface area contributed by atoms with Crippen molar-refractivity contribution >= 4 is 41.8 Å². The van der Waals surface area contributed by atoms with Crippen LogP contribution in [0.2, 0.25) is 4.39 Å². The van der Waals surface area contributed by atoms with Crippen molar-refractivity contribution in [3.05, 3.63) is 0 Å². The number of hydrogen-bond donors (Lipinski definition) is 0. The molecule has 0 bridgehead atoms. The van der Waals surface area contributed by atoms with Gasteiger partial charge in [-0.05, 0) is 0 Å². The number of hydrogen-bond acceptors (Lipinski definition) is 0. The molecule has 0 saturated heterocycles. The van der Waals surface area contributed by atoms with Gasteiger partial charge >= 0.3 is 115 Å². The first kappa shape index (κ1) is 2.49. The monoisotopic (exact) mass is 355 g/mol. The van der Waals surface area contributed by atoms with Crippen molar-refractivity contribution in [1.29, 1.82) is 0 Å². The molecule has 0 aliphatic heterocycles. The van der Waals surface area contributed by atoms with E-state index in [1.807, 2.05) is 0 Å². The summed E-state index contributed by atoms with van der Waals surface area (Å²) in [5.41, 5.74) is 0. The Kier molecular flexibility index (Phi) is 1.66. The van der Waals surface area contributed by atoms with Crippen LogP contribution < -0.4 is 0 Å². The van der Waals surface area contributed by atoms with E-state index in [-0.39, 0.29) is 0 Å². The van der Waals surface area contributed by atoms with E-state index in [9.17, 15) is 0 Å². The van der Waals surface area contributed by atoms with Crippen molar-refractivity contribution in [1.82, 2.24) is 0 Å². The van der Waals surface area contributed by atoms with Gasteiger partial charge in [0.05, 0.1) is 0 Å². The van der Waals surface area contributed by atoms with E-state index in [0.29, 0.717) is 0 Å². The van der Waals surface area contributed by atoms with Crippen molar-refractivity contribution in [2.24, 2.45) is 0 Å². The van der Waals surface area contributed by atoms with E-state index >= 15 is 0 Å². The molecule has 0 amide bonds. The molecule has 0 aromatic rings. The predicted octanol–water partition coefficient (Wildman–Crippen LogP) is 5.00. The van der Waals surface area contributed by atoms with E-state index in [1.54, 1.807) is 0 Å². The van der Waals surface area contributed by atoms with Gasteiger partial charge in [0.1, 0.15) is 0 Å². The van der Waals surface area contributed by atoms with Crippen LogP contribution in [0.5, 0.6) is 0 Å². The molecule has 0 fully saturated rings. The standard InChI is InChI=1S/C8H17.3ClH.Sn/c1-3-5-7-8-6-4-2;;;;/h1,3-8H2,2H3;3*1H;/q;;;;+3/p-3/i1D2,2D3,3D2,4D2,5D2,6D2,7D2,8D2;;;;. The molecule has 0 nitrogen and oxygen atoms in total. The minimum atomic E-state index is -5.62. The van der Waals surface area contributed by atoms with Crippen LogP contribution >= 0.6 is 26.8 Å². The summed E-state index contributed by atoms with van der Waals surface area (Å²) in [5, 5.41) is 0. The Morgan fingerprint density at radius 1 is 1.08 bits per heavy atom. The van der Waals surface area contributed by atoms with Crippen molar-refractivity contribution in [3.8, 4) is 0 Å². The van der Waals surface area contributed by atoms with Gasteiger partial charge in [-0.3, -0.25) is 0 Å². The van der Waals surface area contributed by atoms with E-state index in [1.165, 1.54) is 0 Å². The molecule has 0 rings (SSSR count). The normalized spacial score (nSPS) is 42.4. The quantitative estimate of drug-likeness (QED) is 0.564. The Labute approximate surface area is 115 Å². The van der Waals surface area contributed by atoms with Gasteiger partial charge in [0.2, 0.25) is 0 Å². The summed E-state index contributed by atoms with van der Waals surface area (Å²) in [6.07, 6.45) is -25.3. The van der Waals surface area contributed by atoms with Gasteiger partial charge < -0.3 is 0 Å². The zero-order valence-corrected chi connectivity index (χ0v) is 10.8. The molecule has 0 N–H and O–H groups in total. The molecule has 0 unspecified atom stereocenters. The van der Waals surface area contributed by atoms with Gasteiger partial charge in [-0.15, -0.1) is 0 Å². The summed E-state index contributed by atoms with van der Waals surface area (Å²) in [4.78, 5) is 0. The van der Waals surface area contributed by atoms with Gasteiger partial charge in [0, 0.05) is 0 Å². The first-order valence-electron chi connectivity index (χ1n) is 11.1. The second-order valence-electron chi connectivity index (χ2n) is 1.37. The third kappa shape index (κ3) is 11.7. The van der Waals surface area contributed by atoms with Gasteiger partial charge in [0.25, 0.3) is 0 Å². The van der Waals surface area contributed by atoms with E-state index in [4.69, 9.17) is 50.1 Å². The Morgan fingerprint density at radius 3 is 2.25 bits per heavy atom. The Hall–Kier alpha value is 1.67. The minimum absolute atomic E-state index is 3.59. The Morgan fingerprint density at radius 2 is 1.67 bits per heavy atom. The number of rotatable bonds is 7. The van der Waals surface area contributed by atoms with Crippen LogP contribution in [0.4, 0.5) is 0 Å². The zero-order valence-electron chi connectivity index (χ0n) is 22.6. The second-order valence-corrected chi connectivity index (χ2v) is 20.2. The topological polar surface area (TPSA) is 0 Å².